The number of para-hydroxylation sites is 1. The van der Waals surface area contributed by atoms with Gasteiger partial charge in [0, 0.05) is 5.56 Å². The fourth-order valence-corrected chi connectivity index (χ4v) is 2.70. The molecule has 0 saturated carbocycles. The second-order valence-corrected chi connectivity index (χ2v) is 5.91. The molecule has 0 spiro atoms. The zero-order valence-electron chi connectivity index (χ0n) is 14.9. The van der Waals surface area contributed by atoms with E-state index in [1.165, 1.54) is 5.56 Å². The lowest BCUT2D eigenvalue weighted by molar-refractivity contribution is 0.345. The fourth-order valence-electron chi connectivity index (χ4n) is 2.70. The molecule has 0 aliphatic rings. The van der Waals surface area contributed by atoms with Gasteiger partial charge in [0.2, 0.25) is 0 Å². The van der Waals surface area contributed by atoms with Crippen LogP contribution >= 0.6 is 0 Å². The summed E-state index contributed by atoms with van der Waals surface area (Å²) >= 11 is 0. The summed E-state index contributed by atoms with van der Waals surface area (Å²) in [5, 5.41) is 13.3. The molecule has 0 amide bonds. The van der Waals surface area contributed by atoms with Gasteiger partial charge in [-0.1, -0.05) is 73.7 Å². The molecular formula is C23H23NO2. The van der Waals surface area contributed by atoms with Crippen LogP contribution in [0.1, 0.15) is 18.9 Å². The molecule has 0 unspecified atom stereocenters. The van der Waals surface area contributed by atoms with Crippen molar-refractivity contribution in [3.63, 3.8) is 0 Å². The Hall–Kier alpha value is -3.20. The van der Waals surface area contributed by atoms with Gasteiger partial charge in [0.05, 0.1) is 5.69 Å². The topological polar surface area (TPSA) is 41.5 Å². The molecular weight excluding hydrogens is 322 g/mol. The predicted octanol–water partition coefficient (Wildman–Crippen LogP) is 5.93. The van der Waals surface area contributed by atoms with Gasteiger partial charge in [-0.05, 0) is 35.7 Å². The van der Waals surface area contributed by atoms with Crippen molar-refractivity contribution in [2.24, 2.45) is 0 Å². The highest BCUT2D eigenvalue weighted by atomic mass is 16.5. The van der Waals surface area contributed by atoms with Crippen molar-refractivity contribution >= 4 is 11.8 Å². The quantitative estimate of drug-likeness (QED) is 0.412. The van der Waals surface area contributed by atoms with Crippen LogP contribution in [0.5, 0.6) is 11.5 Å². The van der Waals surface area contributed by atoms with Gasteiger partial charge in [0.15, 0.2) is 6.73 Å². The van der Waals surface area contributed by atoms with Crippen LogP contribution in [0.2, 0.25) is 0 Å². The largest absolute Gasteiger partial charge is 0.506 e. The Balaban J connectivity index is 1.63. The Morgan fingerprint density at radius 1 is 0.885 bits per heavy atom. The number of nitrogens with one attached hydrogen (secondary N) is 1. The number of benzene rings is 3. The van der Waals surface area contributed by atoms with Crippen LogP contribution in [0.15, 0.2) is 78.9 Å². The van der Waals surface area contributed by atoms with Crippen LogP contribution < -0.4 is 10.1 Å². The Labute approximate surface area is 154 Å². The fraction of sp³-hybridized carbons (Fsp3) is 0.130. The van der Waals surface area contributed by atoms with Crippen molar-refractivity contribution in [3.05, 3.63) is 84.4 Å². The van der Waals surface area contributed by atoms with Gasteiger partial charge in [-0.25, -0.2) is 0 Å². The molecule has 0 heterocycles. The van der Waals surface area contributed by atoms with Crippen molar-refractivity contribution in [2.75, 3.05) is 12.0 Å². The first-order valence-corrected chi connectivity index (χ1v) is 8.78. The third kappa shape index (κ3) is 4.45. The van der Waals surface area contributed by atoms with E-state index >= 15 is 0 Å². The van der Waals surface area contributed by atoms with Gasteiger partial charge in [0.25, 0.3) is 0 Å². The van der Waals surface area contributed by atoms with Crippen LogP contribution in [-0.4, -0.2) is 11.8 Å². The minimum atomic E-state index is 0.214. The van der Waals surface area contributed by atoms with Gasteiger partial charge in [0.1, 0.15) is 11.5 Å². The van der Waals surface area contributed by atoms with E-state index in [-0.39, 0.29) is 12.5 Å². The maximum atomic E-state index is 10.1. The van der Waals surface area contributed by atoms with Crippen molar-refractivity contribution in [2.45, 2.75) is 13.3 Å². The molecule has 0 aliphatic heterocycles. The maximum Gasteiger partial charge on any atom is 0.159 e. The Morgan fingerprint density at radius 2 is 1.62 bits per heavy atom. The molecule has 0 aromatic heterocycles. The van der Waals surface area contributed by atoms with E-state index in [9.17, 15) is 5.11 Å². The average molecular weight is 345 g/mol. The second-order valence-electron chi connectivity index (χ2n) is 5.91. The summed E-state index contributed by atoms with van der Waals surface area (Å²) in [6.45, 7) is 2.35. The Kier molecular flexibility index (Phi) is 5.94. The van der Waals surface area contributed by atoms with E-state index in [2.05, 4.69) is 30.4 Å². The number of phenols is 1. The van der Waals surface area contributed by atoms with E-state index in [1.807, 2.05) is 60.7 Å². The maximum absolute atomic E-state index is 10.1. The third-order valence-electron chi connectivity index (χ3n) is 4.06. The lowest BCUT2D eigenvalue weighted by atomic mass is 10.1. The summed E-state index contributed by atoms with van der Waals surface area (Å²) in [5.74, 6) is 0.990. The normalized spacial score (nSPS) is 10.8. The Bertz CT molecular complexity index is 855. The zero-order chi connectivity index (χ0) is 18.2. The van der Waals surface area contributed by atoms with Gasteiger partial charge in [-0.2, -0.15) is 0 Å². The molecule has 2 N–H and O–H groups in total. The molecule has 3 rings (SSSR count). The van der Waals surface area contributed by atoms with Crippen LogP contribution in [0.4, 0.5) is 5.69 Å². The smallest absolute Gasteiger partial charge is 0.159 e. The molecule has 0 aliphatic carbocycles. The summed E-state index contributed by atoms with van der Waals surface area (Å²) in [6, 6.07) is 23.7. The number of phenolic OH excluding ortho intramolecular Hbond substituents is 1. The average Bonchev–Trinajstić information content (AvgIpc) is 2.69. The molecule has 3 aromatic rings. The molecule has 132 valence electrons. The summed E-state index contributed by atoms with van der Waals surface area (Å²) in [7, 11) is 0. The van der Waals surface area contributed by atoms with Gasteiger partial charge < -0.3 is 15.2 Å². The van der Waals surface area contributed by atoms with Crippen LogP contribution in [-0.2, 0) is 0 Å². The van der Waals surface area contributed by atoms with Crippen LogP contribution in [0, 0.1) is 0 Å². The predicted molar refractivity (Wildman–Crippen MR) is 108 cm³/mol. The number of hydrogen-bond donors (Lipinski definition) is 2. The highest BCUT2D eigenvalue weighted by molar-refractivity contribution is 5.72. The van der Waals surface area contributed by atoms with Crippen molar-refractivity contribution in [1.29, 1.82) is 0 Å². The van der Waals surface area contributed by atoms with E-state index < -0.39 is 0 Å². The van der Waals surface area contributed by atoms with E-state index in [0.717, 1.165) is 23.3 Å². The van der Waals surface area contributed by atoms with Gasteiger partial charge in [-0.15, -0.1) is 0 Å². The first-order chi connectivity index (χ1) is 12.8. The molecule has 26 heavy (non-hydrogen) atoms. The standard InChI is InChI=1S/C23H23NO2/c1-2-3-8-20-11-7-12-22(25)23(20)24-17-26-21-15-13-19(14-16-21)18-9-5-4-6-10-18/h3-16,24-25H,2,17H2,1H3/b8-3-. The van der Waals surface area contributed by atoms with Crippen molar-refractivity contribution < 1.29 is 9.84 Å². The molecule has 0 radical (unpaired) electrons. The molecule has 0 atom stereocenters. The second kappa shape index (κ2) is 8.77. The van der Waals surface area contributed by atoms with E-state index in [4.69, 9.17) is 4.74 Å². The molecule has 0 saturated heterocycles. The summed E-state index contributed by atoms with van der Waals surface area (Å²) in [5.41, 5.74) is 3.95. The number of hydrogen-bond acceptors (Lipinski definition) is 3. The van der Waals surface area contributed by atoms with Gasteiger partial charge in [-0.3, -0.25) is 0 Å². The number of rotatable bonds is 7. The molecule has 3 heteroatoms. The molecule has 3 nitrogen and oxygen atoms in total. The SMILES string of the molecule is CC/C=C\c1cccc(O)c1NCOc1ccc(-c2ccccc2)cc1. The number of aromatic hydroxyl groups is 1. The summed E-state index contributed by atoms with van der Waals surface area (Å²) in [6.07, 6.45) is 5.00. The van der Waals surface area contributed by atoms with E-state index in [1.54, 1.807) is 6.07 Å². The lowest BCUT2D eigenvalue weighted by Gasteiger charge is -2.13. The van der Waals surface area contributed by atoms with Crippen LogP contribution in [0.3, 0.4) is 0 Å². The summed E-state index contributed by atoms with van der Waals surface area (Å²) in [4.78, 5) is 0. The molecule has 3 aromatic carbocycles. The van der Waals surface area contributed by atoms with Crippen LogP contribution in [0.25, 0.3) is 17.2 Å². The monoisotopic (exact) mass is 345 g/mol. The first-order valence-electron chi connectivity index (χ1n) is 8.78. The number of ether oxygens (including phenoxy) is 1. The molecule has 0 fully saturated rings. The molecule has 0 bridgehead atoms. The minimum Gasteiger partial charge on any atom is -0.506 e. The van der Waals surface area contributed by atoms with Crippen molar-refractivity contribution in [3.8, 4) is 22.6 Å². The van der Waals surface area contributed by atoms with Crippen molar-refractivity contribution in [1.82, 2.24) is 0 Å². The zero-order valence-corrected chi connectivity index (χ0v) is 14.9. The van der Waals surface area contributed by atoms with E-state index in [0.29, 0.717) is 5.69 Å². The lowest BCUT2D eigenvalue weighted by Crippen LogP contribution is -2.09. The third-order valence-corrected chi connectivity index (χ3v) is 4.06. The Morgan fingerprint density at radius 3 is 2.35 bits per heavy atom. The highest BCUT2D eigenvalue weighted by Crippen LogP contribution is 2.28. The minimum absolute atomic E-state index is 0.214. The number of allylic oxidation sites excluding steroid dienone is 1. The highest BCUT2D eigenvalue weighted by Gasteiger charge is 2.05. The van der Waals surface area contributed by atoms with Gasteiger partial charge >= 0.3 is 0 Å². The number of anilines is 1. The first kappa shape index (κ1) is 17.6. The summed E-state index contributed by atoms with van der Waals surface area (Å²) < 4.78 is 5.77.